The molecule has 5 rings (SSSR count). The van der Waals surface area contributed by atoms with E-state index in [1.165, 1.54) is 0 Å². The van der Waals surface area contributed by atoms with Crippen LogP contribution >= 0.6 is 12.2 Å². The summed E-state index contributed by atoms with van der Waals surface area (Å²) >= 11 is 5.83. The van der Waals surface area contributed by atoms with Crippen LogP contribution in [0.15, 0.2) is 59.4 Å². The van der Waals surface area contributed by atoms with Crippen LogP contribution in [0.1, 0.15) is 43.0 Å². The van der Waals surface area contributed by atoms with Gasteiger partial charge in [0.05, 0.1) is 17.6 Å². The van der Waals surface area contributed by atoms with E-state index in [0.29, 0.717) is 29.1 Å². The number of Topliss-reactive ketones (excluding diaryl/α,β-unsaturated/α-hetero) is 1. The Morgan fingerprint density at radius 2 is 1.76 bits per heavy atom. The minimum Gasteiger partial charge on any atom is -0.294 e. The third-order valence-corrected chi connectivity index (χ3v) is 7.16. The standard InChI is InChI=1S/C26H29N5O2S/c1-2-3-15-29-24(33)21-11-7-8-12-22(21)31-25(29)27-30(26(31)34)18-28-16-13-20(14-17-28)23(32)19-9-5-4-6-10-19/h4-12,20H,2-3,13-18H2,1H3. The number of benzene rings is 2. The van der Waals surface area contributed by atoms with Gasteiger partial charge in [-0.3, -0.25) is 23.5 Å². The fraction of sp³-hybridized carbons (Fsp3) is 0.385. The molecule has 2 aromatic heterocycles. The summed E-state index contributed by atoms with van der Waals surface area (Å²) in [4.78, 5) is 28.3. The van der Waals surface area contributed by atoms with Gasteiger partial charge >= 0.3 is 0 Å². The van der Waals surface area contributed by atoms with E-state index in [0.717, 1.165) is 49.9 Å². The molecule has 1 aliphatic rings. The molecule has 1 aliphatic heterocycles. The van der Waals surface area contributed by atoms with E-state index < -0.39 is 0 Å². The van der Waals surface area contributed by atoms with Gasteiger partial charge in [-0.05, 0) is 43.6 Å². The van der Waals surface area contributed by atoms with E-state index >= 15 is 0 Å². The van der Waals surface area contributed by atoms with Gasteiger partial charge in [0, 0.05) is 31.1 Å². The molecule has 0 radical (unpaired) electrons. The van der Waals surface area contributed by atoms with Crippen molar-refractivity contribution >= 4 is 34.7 Å². The van der Waals surface area contributed by atoms with Gasteiger partial charge in [0.2, 0.25) is 10.5 Å². The summed E-state index contributed by atoms with van der Waals surface area (Å²) in [5.41, 5.74) is 1.56. The summed E-state index contributed by atoms with van der Waals surface area (Å²) in [5, 5.41) is 5.46. The number of hydrogen-bond donors (Lipinski definition) is 0. The minimum atomic E-state index is -0.0241. The van der Waals surface area contributed by atoms with Gasteiger partial charge in [-0.1, -0.05) is 55.8 Å². The fourth-order valence-corrected chi connectivity index (χ4v) is 5.12. The van der Waals surface area contributed by atoms with Crippen molar-refractivity contribution in [3.8, 4) is 0 Å². The second-order valence-corrected chi connectivity index (χ2v) is 9.37. The zero-order chi connectivity index (χ0) is 23.7. The summed E-state index contributed by atoms with van der Waals surface area (Å²) in [5.74, 6) is 0.878. The molecule has 0 bridgehead atoms. The number of carbonyl (C=O) groups is 1. The molecule has 0 atom stereocenters. The molecule has 0 saturated carbocycles. The summed E-state index contributed by atoms with van der Waals surface area (Å²) in [6.07, 6.45) is 3.52. The molecule has 0 aliphatic carbocycles. The maximum absolute atomic E-state index is 13.2. The van der Waals surface area contributed by atoms with E-state index in [4.69, 9.17) is 17.3 Å². The number of likely N-dealkylation sites (tertiary alicyclic amines) is 1. The Morgan fingerprint density at radius 3 is 2.50 bits per heavy atom. The normalized spacial score (nSPS) is 15.3. The Labute approximate surface area is 203 Å². The molecular weight excluding hydrogens is 446 g/mol. The molecule has 176 valence electrons. The molecular formula is C26H29N5O2S. The molecule has 4 aromatic rings. The first-order chi connectivity index (χ1) is 16.6. The van der Waals surface area contributed by atoms with Crippen LogP contribution in [0.25, 0.3) is 16.7 Å². The summed E-state index contributed by atoms with van der Waals surface area (Å²) < 4.78 is 6.08. The highest BCUT2D eigenvalue weighted by Gasteiger charge is 2.26. The van der Waals surface area contributed by atoms with Crippen LogP contribution in [-0.4, -0.2) is 42.5 Å². The highest BCUT2D eigenvalue weighted by Crippen LogP contribution is 2.22. The van der Waals surface area contributed by atoms with Crippen LogP contribution in [0.2, 0.25) is 0 Å². The monoisotopic (exact) mass is 475 g/mol. The number of unbranched alkanes of at least 4 members (excludes halogenated alkanes) is 1. The average Bonchev–Trinajstić information content (AvgIpc) is 3.20. The minimum absolute atomic E-state index is 0.0241. The third-order valence-electron chi connectivity index (χ3n) is 6.77. The average molecular weight is 476 g/mol. The van der Waals surface area contributed by atoms with Gasteiger partial charge in [0.1, 0.15) is 0 Å². The largest absolute Gasteiger partial charge is 0.294 e. The maximum atomic E-state index is 13.2. The molecule has 8 heteroatoms. The van der Waals surface area contributed by atoms with Crippen molar-refractivity contribution in [3.05, 3.63) is 75.3 Å². The number of para-hydroxylation sites is 1. The van der Waals surface area contributed by atoms with Gasteiger partial charge in [0.25, 0.3) is 5.56 Å². The van der Waals surface area contributed by atoms with Crippen molar-refractivity contribution in [3.63, 3.8) is 0 Å². The van der Waals surface area contributed by atoms with E-state index in [2.05, 4.69) is 11.8 Å². The van der Waals surface area contributed by atoms with Crippen molar-refractivity contribution in [2.24, 2.45) is 5.92 Å². The molecule has 1 fully saturated rings. The molecule has 7 nitrogen and oxygen atoms in total. The van der Waals surface area contributed by atoms with Crippen LogP contribution in [0, 0.1) is 10.7 Å². The third kappa shape index (κ3) is 4.12. The fourth-order valence-electron chi connectivity index (χ4n) is 4.84. The van der Waals surface area contributed by atoms with Crippen LogP contribution < -0.4 is 5.56 Å². The number of nitrogens with zero attached hydrogens (tertiary/aromatic N) is 5. The van der Waals surface area contributed by atoms with E-state index in [1.54, 1.807) is 4.57 Å². The lowest BCUT2D eigenvalue weighted by molar-refractivity contribution is 0.0803. The van der Waals surface area contributed by atoms with Gasteiger partial charge < -0.3 is 0 Å². The molecule has 0 unspecified atom stereocenters. The summed E-state index contributed by atoms with van der Waals surface area (Å²) in [6.45, 7) is 4.88. The van der Waals surface area contributed by atoms with Gasteiger partial charge in [-0.2, -0.15) is 0 Å². The molecule has 0 spiro atoms. The maximum Gasteiger partial charge on any atom is 0.262 e. The summed E-state index contributed by atoms with van der Waals surface area (Å²) in [7, 11) is 0. The second-order valence-electron chi connectivity index (χ2n) is 9.01. The molecule has 0 N–H and O–H groups in total. The number of rotatable bonds is 7. The Morgan fingerprint density at radius 1 is 1.06 bits per heavy atom. The number of hydrogen-bond acceptors (Lipinski definition) is 5. The highest BCUT2D eigenvalue weighted by molar-refractivity contribution is 7.71. The molecule has 1 saturated heterocycles. The van der Waals surface area contributed by atoms with E-state index in [9.17, 15) is 9.59 Å². The number of piperidine rings is 1. The van der Waals surface area contributed by atoms with Crippen LogP contribution in [0.3, 0.4) is 0 Å². The summed E-state index contributed by atoms with van der Waals surface area (Å²) in [6, 6.07) is 17.1. The van der Waals surface area contributed by atoms with E-state index in [-0.39, 0.29) is 17.3 Å². The van der Waals surface area contributed by atoms with Crippen LogP contribution in [0.5, 0.6) is 0 Å². The lowest BCUT2D eigenvalue weighted by Gasteiger charge is -2.30. The molecule has 0 amide bonds. The molecule has 34 heavy (non-hydrogen) atoms. The SMILES string of the molecule is CCCCn1c(=O)c2ccccc2n2c(=S)n(CN3CCC(C(=O)c4ccccc4)CC3)nc12. The van der Waals surface area contributed by atoms with Gasteiger partial charge in [-0.25, -0.2) is 4.68 Å². The zero-order valence-corrected chi connectivity index (χ0v) is 20.2. The van der Waals surface area contributed by atoms with Crippen molar-refractivity contribution in [2.45, 2.75) is 45.8 Å². The Kier molecular flexibility index (Phi) is 6.43. The quantitative estimate of drug-likeness (QED) is 0.290. The molecule has 3 heterocycles. The van der Waals surface area contributed by atoms with E-state index in [1.807, 2.05) is 63.7 Å². The number of carbonyl (C=O) groups excluding carboxylic acids is 1. The van der Waals surface area contributed by atoms with Gasteiger partial charge in [0.15, 0.2) is 5.78 Å². The second kappa shape index (κ2) is 9.64. The number of ketones is 1. The zero-order valence-electron chi connectivity index (χ0n) is 19.4. The number of fused-ring (bicyclic) bond motifs is 3. The Hall–Kier alpha value is -3.10. The topological polar surface area (TPSA) is 64.5 Å². The number of aromatic nitrogens is 4. The van der Waals surface area contributed by atoms with Crippen molar-refractivity contribution in [2.75, 3.05) is 13.1 Å². The first kappa shape index (κ1) is 22.7. The van der Waals surface area contributed by atoms with Crippen molar-refractivity contribution in [1.82, 2.24) is 23.6 Å². The number of aryl methyl sites for hydroxylation is 1. The van der Waals surface area contributed by atoms with Crippen LogP contribution in [-0.2, 0) is 13.2 Å². The van der Waals surface area contributed by atoms with Crippen molar-refractivity contribution < 1.29 is 4.79 Å². The predicted molar refractivity (Wildman–Crippen MR) is 136 cm³/mol. The van der Waals surface area contributed by atoms with Crippen molar-refractivity contribution in [1.29, 1.82) is 0 Å². The predicted octanol–water partition coefficient (Wildman–Crippen LogP) is 4.53. The first-order valence-electron chi connectivity index (χ1n) is 12.0. The smallest absolute Gasteiger partial charge is 0.262 e. The molecule has 2 aromatic carbocycles. The lowest BCUT2D eigenvalue weighted by Crippen LogP contribution is -2.37. The Balaban J connectivity index is 1.41. The highest BCUT2D eigenvalue weighted by atomic mass is 32.1. The Bertz CT molecular complexity index is 1450. The lowest BCUT2D eigenvalue weighted by atomic mass is 9.89. The van der Waals surface area contributed by atoms with Crippen LogP contribution in [0.4, 0.5) is 0 Å². The first-order valence-corrected chi connectivity index (χ1v) is 12.4. The van der Waals surface area contributed by atoms with Gasteiger partial charge in [-0.15, -0.1) is 5.10 Å².